The Labute approximate surface area is 158 Å². The van der Waals surface area contributed by atoms with E-state index in [-0.39, 0.29) is 6.61 Å². The maximum absolute atomic E-state index is 11.3. The van der Waals surface area contributed by atoms with Crippen molar-refractivity contribution in [2.45, 2.75) is 103 Å². The molecule has 0 spiro atoms. The first-order valence-corrected chi connectivity index (χ1v) is 10.4. The number of nitrogens with one attached hydrogen (secondary N) is 1. The summed E-state index contributed by atoms with van der Waals surface area (Å²) in [7, 11) is 0. The Kier molecular flexibility index (Phi) is 17.6. The van der Waals surface area contributed by atoms with Crippen LogP contribution >= 0.6 is 0 Å². The van der Waals surface area contributed by atoms with Crippen LogP contribution in [0.2, 0.25) is 0 Å². The summed E-state index contributed by atoms with van der Waals surface area (Å²) in [6.07, 6.45) is 16.9. The summed E-state index contributed by atoms with van der Waals surface area (Å²) in [4.78, 5) is 22.0. The Bertz CT molecular complexity index is 349. The molecule has 0 rings (SSSR count). The molecule has 0 heterocycles. The fourth-order valence-electron chi connectivity index (χ4n) is 2.83. The van der Waals surface area contributed by atoms with Crippen LogP contribution < -0.4 is 5.32 Å². The lowest BCUT2D eigenvalue weighted by Gasteiger charge is -2.11. The van der Waals surface area contributed by atoms with Gasteiger partial charge in [0.2, 0.25) is 0 Å². The van der Waals surface area contributed by atoms with Crippen molar-refractivity contribution in [2.75, 3.05) is 13.2 Å². The summed E-state index contributed by atoms with van der Waals surface area (Å²) < 4.78 is 4.91. The number of amides is 1. The summed E-state index contributed by atoms with van der Waals surface area (Å²) in [6.45, 7) is 1.88. The third-order valence-electron chi connectivity index (χ3n) is 4.50. The summed E-state index contributed by atoms with van der Waals surface area (Å²) in [6, 6.07) is -1.31. The van der Waals surface area contributed by atoms with Crippen LogP contribution in [-0.2, 0) is 9.53 Å². The van der Waals surface area contributed by atoms with Crippen molar-refractivity contribution in [3.05, 3.63) is 0 Å². The molecule has 0 aromatic heterocycles. The number of hydrogen-bond donors (Lipinski definition) is 3. The zero-order valence-electron chi connectivity index (χ0n) is 16.5. The maximum atomic E-state index is 11.3. The zero-order chi connectivity index (χ0) is 19.5. The SMILES string of the molecule is CCCCCCCCCCCCCCCCOC(=O)N[C@H](CO)C(=O)O. The quantitative estimate of drug-likeness (QED) is 0.304. The van der Waals surface area contributed by atoms with Gasteiger partial charge >= 0.3 is 12.1 Å². The highest BCUT2D eigenvalue weighted by molar-refractivity contribution is 5.79. The molecule has 1 amide bonds. The standard InChI is InChI=1S/C20H39NO5/c1-2-3-4-5-6-7-8-9-10-11-12-13-14-15-16-26-20(25)21-18(17-22)19(23)24/h18,22H,2-17H2,1H3,(H,21,25)(H,23,24)/t18-/m1/s1. The van der Waals surface area contributed by atoms with Crippen molar-refractivity contribution in [3.63, 3.8) is 0 Å². The number of ether oxygens (including phenoxy) is 1. The van der Waals surface area contributed by atoms with Gasteiger partial charge in [-0.3, -0.25) is 0 Å². The Morgan fingerprint density at radius 2 is 1.23 bits per heavy atom. The predicted octanol–water partition coefficient (Wildman–Crippen LogP) is 4.64. The average molecular weight is 374 g/mol. The van der Waals surface area contributed by atoms with Crippen LogP contribution in [0, 0.1) is 0 Å². The minimum atomic E-state index is -1.31. The lowest BCUT2D eigenvalue weighted by atomic mass is 10.0. The van der Waals surface area contributed by atoms with Crippen molar-refractivity contribution in [1.82, 2.24) is 5.32 Å². The van der Waals surface area contributed by atoms with Gasteiger partial charge in [0.25, 0.3) is 0 Å². The second-order valence-electron chi connectivity index (χ2n) is 6.95. The lowest BCUT2D eigenvalue weighted by Crippen LogP contribution is -2.43. The molecular weight excluding hydrogens is 334 g/mol. The Morgan fingerprint density at radius 1 is 0.808 bits per heavy atom. The van der Waals surface area contributed by atoms with E-state index in [2.05, 4.69) is 12.2 Å². The minimum absolute atomic E-state index is 0.279. The first-order chi connectivity index (χ1) is 12.6. The van der Waals surface area contributed by atoms with Crippen molar-refractivity contribution in [3.8, 4) is 0 Å². The highest BCUT2D eigenvalue weighted by Crippen LogP contribution is 2.12. The highest BCUT2D eigenvalue weighted by atomic mass is 16.5. The summed E-state index contributed by atoms with van der Waals surface area (Å²) in [5, 5.41) is 19.6. The number of carbonyl (C=O) groups is 2. The number of unbranched alkanes of at least 4 members (excludes halogenated alkanes) is 13. The van der Waals surface area contributed by atoms with Gasteiger partial charge in [-0.05, 0) is 6.42 Å². The van der Waals surface area contributed by atoms with Gasteiger partial charge in [-0.25, -0.2) is 9.59 Å². The molecule has 0 radical (unpaired) electrons. The molecule has 26 heavy (non-hydrogen) atoms. The fourth-order valence-corrected chi connectivity index (χ4v) is 2.83. The van der Waals surface area contributed by atoms with E-state index >= 15 is 0 Å². The Morgan fingerprint density at radius 3 is 1.62 bits per heavy atom. The molecule has 0 unspecified atom stereocenters. The van der Waals surface area contributed by atoms with E-state index < -0.39 is 24.7 Å². The molecular formula is C20H39NO5. The number of aliphatic hydroxyl groups excluding tert-OH is 1. The molecule has 6 nitrogen and oxygen atoms in total. The summed E-state index contributed by atoms with van der Waals surface area (Å²) in [5.41, 5.74) is 0. The normalized spacial score (nSPS) is 11.9. The number of carbonyl (C=O) groups excluding carboxylic acids is 1. The van der Waals surface area contributed by atoms with Crippen LogP contribution in [-0.4, -0.2) is 41.5 Å². The van der Waals surface area contributed by atoms with Crippen molar-refractivity contribution in [1.29, 1.82) is 0 Å². The van der Waals surface area contributed by atoms with Crippen molar-refractivity contribution in [2.24, 2.45) is 0 Å². The molecule has 0 saturated carbocycles. The van der Waals surface area contributed by atoms with Gasteiger partial charge in [-0.15, -0.1) is 0 Å². The number of carboxylic acid groups (broad SMARTS) is 1. The van der Waals surface area contributed by atoms with E-state index in [4.69, 9.17) is 14.9 Å². The average Bonchev–Trinajstić information content (AvgIpc) is 2.62. The molecule has 1 atom stereocenters. The van der Waals surface area contributed by atoms with Gasteiger partial charge in [-0.1, -0.05) is 90.4 Å². The molecule has 0 aromatic carbocycles. The summed E-state index contributed by atoms with van der Waals surface area (Å²) >= 11 is 0. The maximum Gasteiger partial charge on any atom is 0.407 e. The topological polar surface area (TPSA) is 95.9 Å². The Balaban J connectivity index is 3.26. The van der Waals surface area contributed by atoms with Gasteiger partial charge in [-0.2, -0.15) is 0 Å². The van der Waals surface area contributed by atoms with E-state index in [1.807, 2.05) is 0 Å². The molecule has 0 saturated heterocycles. The molecule has 0 fully saturated rings. The smallest absolute Gasteiger partial charge is 0.407 e. The molecule has 0 bridgehead atoms. The monoisotopic (exact) mass is 373 g/mol. The van der Waals surface area contributed by atoms with Gasteiger partial charge < -0.3 is 20.3 Å². The van der Waals surface area contributed by atoms with E-state index in [9.17, 15) is 9.59 Å². The van der Waals surface area contributed by atoms with E-state index in [1.165, 1.54) is 70.6 Å². The molecule has 0 aliphatic heterocycles. The molecule has 154 valence electrons. The third-order valence-corrected chi connectivity index (χ3v) is 4.50. The van der Waals surface area contributed by atoms with Gasteiger partial charge in [0.1, 0.15) is 0 Å². The van der Waals surface area contributed by atoms with Crippen LogP contribution in [0.15, 0.2) is 0 Å². The van der Waals surface area contributed by atoms with Crippen LogP contribution in [0.1, 0.15) is 96.8 Å². The van der Waals surface area contributed by atoms with Crippen molar-refractivity contribution >= 4 is 12.1 Å². The highest BCUT2D eigenvalue weighted by Gasteiger charge is 2.19. The first kappa shape index (κ1) is 24.7. The fraction of sp³-hybridized carbons (Fsp3) is 0.900. The van der Waals surface area contributed by atoms with Gasteiger partial charge in [0.05, 0.1) is 13.2 Å². The third kappa shape index (κ3) is 16.2. The second kappa shape index (κ2) is 18.5. The van der Waals surface area contributed by atoms with Crippen LogP contribution in [0.4, 0.5) is 4.79 Å². The number of hydrogen-bond acceptors (Lipinski definition) is 4. The van der Waals surface area contributed by atoms with Crippen LogP contribution in [0.5, 0.6) is 0 Å². The van der Waals surface area contributed by atoms with Gasteiger partial charge in [0, 0.05) is 0 Å². The van der Waals surface area contributed by atoms with E-state index in [0.29, 0.717) is 0 Å². The number of alkyl carbamates (subject to hydrolysis) is 1. The molecule has 0 aliphatic carbocycles. The lowest BCUT2D eigenvalue weighted by molar-refractivity contribution is -0.140. The van der Waals surface area contributed by atoms with Crippen LogP contribution in [0.25, 0.3) is 0 Å². The number of aliphatic carboxylic acids is 1. The number of carboxylic acids is 1. The minimum Gasteiger partial charge on any atom is -0.480 e. The second-order valence-corrected chi connectivity index (χ2v) is 6.95. The number of rotatable bonds is 18. The van der Waals surface area contributed by atoms with Crippen LogP contribution in [0.3, 0.4) is 0 Å². The van der Waals surface area contributed by atoms with E-state index in [0.717, 1.165) is 19.3 Å². The Hall–Kier alpha value is -1.30. The predicted molar refractivity (Wildman–Crippen MR) is 103 cm³/mol. The largest absolute Gasteiger partial charge is 0.480 e. The van der Waals surface area contributed by atoms with Gasteiger partial charge in [0.15, 0.2) is 6.04 Å². The van der Waals surface area contributed by atoms with E-state index in [1.54, 1.807) is 0 Å². The number of aliphatic hydroxyl groups is 1. The molecule has 3 N–H and O–H groups in total. The molecule has 6 heteroatoms. The zero-order valence-corrected chi connectivity index (χ0v) is 16.5. The van der Waals surface area contributed by atoms with Crippen molar-refractivity contribution < 1.29 is 24.5 Å². The first-order valence-electron chi connectivity index (χ1n) is 10.4. The molecule has 0 aromatic rings. The summed E-state index contributed by atoms with van der Waals surface area (Å²) in [5.74, 6) is -1.28. The molecule has 0 aliphatic rings.